The summed E-state index contributed by atoms with van der Waals surface area (Å²) in [5.41, 5.74) is 1.83. The third kappa shape index (κ3) is 5.58. The number of hydrogen-bond acceptors (Lipinski definition) is 9. The molecule has 3 rings (SSSR count). The Bertz CT molecular complexity index is 1200. The largest absolute Gasteiger partial charge is 0.490 e. The SMILES string of the molecule is CCOc1ccc(C(=O)NCC(=O)OCC(=O)C(C#N)=C2N(C)c3ccccc3N2C)cc1OCC. The topological polar surface area (TPSA) is 121 Å². The van der Waals surface area contributed by atoms with Gasteiger partial charge in [-0.15, -0.1) is 0 Å². The zero-order valence-corrected chi connectivity index (χ0v) is 20.7. The van der Waals surface area contributed by atoms with Crippen LogP contribution < -0.4 is 24.6 Å². The first kappa shape index (κ1) is 26.1. The Morgan fingerprint density at radius 1 is 0.944 bits per heavy atom. The smallest absolute Gasteiger partial charge is 0.325 e. The number of esters is 1. The van der Waals surface area contributed by atoms with Crippen molar-refractivity contribution in [2.45, 2.75) is 13.8 Å². The molecule has 1 aliphatic rings. The Kier molecular flexibility index (Phi) is 8.52. The van der Waals surface area contributed by atoms with Crippen LogP contribution in [-0.4, -0.2) is 58.1 Å². The molecule has 0 saturated heterocycles. The Hall–Kier alpha value is -4.52. The molecule has 10 nitrogen and oxygen atoms in total. The molecule has 1 heterocycles. The number of nitrogens with zero attached hydrogens (tertiary/aromatic N) is 3. The summed E-state index contributed by atoms with van der Waals surface area (Å²) in [7, 11) is 3.50. The summed E-state index contributed by atoms with van der Waals surface area (Å²) in [5.74, 6) is -0.653. The van der Waals surface area contributed by atoms with E-state index in [-0.39, 0.29) is 11.1 Å². The van der Waals surface area contributed by atoms with Gasteiger partial charge in [0.05, 0.1) is 24.6 Å². The third-order valence-electron chi connectivity index (χ3n) is 5.42. The number of carbonyl (C=O) groups excluding carboxylic acids is 3. The van der Waals surface area contributed by atoms with Crippen LogP contribution in [0.25, 0.3) is 0 Å². The zero-order chi connectivity index (χ0) is 26.2. The summed E-state index contributed by atoms with van der Waals surface area (Å²) in [5, 5.41) is 12.1. The van der Waals surface area contributed by atoms with Gasteiger partial charge < -0.3 is 29.3 Å². The van der Waals surface area contributed by atoms with E-state index in [0.29, 0.717) is 30.5 Å². The highest BCUT2D eigenvalue weighted by molar-refractivity contribution is 6.04. The number of anilines is 2. The van der Waals surface area contributed by atoms with Gasteiger partial charge in [-0.05, 0) is 44.2 Å². The maximum Gasteiger partial charge on any atom is 0.325 e. The number of amides is 1. The van der Waals surface area contributed by atoms with Gasteiger partial charge in [-0.25, -0.2) is 0 Å². The van der Waals surface area contributed by atoms with Crippen molar-refractivity contribution in [3.8, 4) is 17.6 Å². The van der Waals surface area contributed by atoms with Gasteiger partial charge in [-0.2, -0.15) is 5.26 Å². The van der Waals surface area contributed by atoms with Crippen molar-refractivity contribution in [3.05, 3.63) is 59.4 Å². The number of ketones is 1. The second kappa shape index (κ2) is 11.8. The molecule has 2 aromatic rings. The molecule has 2 aromatic carbocycles. The van der Waals surface area contributed by atoms with E-state index in [2.05, 4.69) is 5.32 Å². The van der Waals surface area contributed by atoms with Crippen molar-refractivity contribution in [1.82, 2.24) is 5.32 Å². The van der Waals surface area contributed by atoms with Crippen molar-refractivity contribution in [2.24, 2.45) is 0 Å². The number of benzene rings is 2. The highest BCUT2D eigenvalue weighted by Gasteiger charge is 2.31. The van der Waals surface area contributed by atoms with Crippen molar-refractivity contribution >= 4 is 29.0 Å². The molecule has 10 heteroatoms. The van der Waals surface area contributed by atoms with Gasteiger partial charge in [-0.3, -0.25) is 14.4 Å². The lowest BCUT2D eigenvalue weighted by atomic mass is 10.2. The fraction of sp³-hybridized carbons (Fsp3) is 0.308. The molecular formula is C26H28N4O6. The van der Waals surface area contributed by atoms with Crippen LogP contribution in [0.1, 0.15) is 24.2 Å². The van der Waals surface area contributed by atoms with Crippen LogP contribution in [0, 0.1) is 11.3 Å². The minimum absolute atomic E-state index is 0.133. The van der Waals surface area contributed by atoms with Crippen LogP contribution in [0.2, 0.25) is 0 Å². The Balaban J connectivity index is 1.59. The van der Waals surface area contributed by atoms with Gasteiger partial charge in [0, 0.05) is 19.7 Å². The van der Waals surface area contributed by atoms with Crippen LogP contribution in [0.5, 0.6) is 11.5 Å². The molecule has 36 heavy (non-hydrogen) atoms. The van der Waals surface area contributed by atoms with E-state index in [1.54, 1.807) is 36.0 Å². The summed E-state index contributed by atoms with van der Waals surface area (Å²) < 4.78 is 16.0. The number of ether oxygens (including phenoxy) is 3. The second-order valence-corrected chi connectivity index (χ2v) is 7.71. The number of carbonyl (C=O) groups is 3. The molecule has 188 valence electrons. The molecule has 0 fully saturated rings. The molecule has 0 unspecified atom stereocenters. The maximum absolute atomic E-state index is 12.7. The molecule has 1 amide bonds. The molecular weight excluding hydrogens is 464 g/mol. The van der Waals surface area contributed by atoms with Crippen molar-refractivity contribution in [2.75, 3.05) is 50.3 Å². The average Bonchev–Trinajstić information content (AvgIpc) is 3.13. The molecule has 0 spiro atoms. The van der Waals surface area contributed by atoms with E-state index in [1.165, 1.54) is 6.07 Å². The van der Waals surface area contributed by atoms with Crippen LogP contribution in [0.4, 0.5) is 11.4 Å². The summed E-state index contributed by atoms with van der Waals surface area (Å²) >= 11 is 0. The number of nitriles is 1. The van der Waals surface area contributed by atoms with Crippen LogP contribution in [-0.2, 0) is 14.3 Å². The van der Waals surface area contributed by atoms with Gasteiger partial charge >= 0.3 is 5.97 Å². The van der Waals surface area contributed by atoms with Crippen LogP contribution >= 0.6 is 0 Å². The second-order valence-electron chi connectivity index (χ2n) is 7.71. The summed E-state index contributed by atoms with van der Waals surface area (Å²) in [6.07, 6.45) is 0. The number of nitrogens with one attached hydrogen (secondary N) is 1. The van der Waals surface area contributed by atoms with Gasteiger partial charge in [0.25, 0.3) is 5.91 Å². The van der Waals surface area contributed by atoms with E-state index >= 15 is 0 Å². The van der Waals surface area contributed by atoms with Crippen LogP contribution in [0.15, 0.2) is 53.9 Å². The Labute approximate surface area is 209 Å². The molecule has 1 N–H and O–H groups in total. The highest BCUT2D eigenvalue weighted by Crippen LogP contribution is 2.40. The highest BCUT2D eigenvalue weighted by atomic mass is 16.5. The standard InChI is InChI=1S/C26H28N4O6/c1-5-34-22-12-11-17(13-23(22)35-6-2)25(33)28-15-24(32)36-16-21(31)18(14-27)26-29(3)19-9-7-8-10-20(19)30(26)4/h7-13H,5-6,15-16H2,1-4H3,(H,28,33). The van der Waals surface area contributed by atoms with Gasteiger partial charge in [0.15, 0.2) is 18.1 Å². The average molecular weight is 493 g/mol. The Morgan fingerprint density at radius 2 is 1.56 bits per heavy atom. The van der Waals surface area contributed by atoms with Crippen LogP contribution in [0.3, 0.4) is 0 Å². The first-order valence-electron chi connectivity index (χ1n) is 11.4. The normalized spacial score (nSPS) is 11.9. The van der Waals surface area contributed by atoms with E-state index in [1.807, 2.05) is 44.2 Å². The lowest BCUT2D eigenvalue weighted by Crippen LogP contribution is -2.32. The number of hydrogen-bond donors (Lipinski definition) is 1. The maximum atomic E-state index is 12.7. The fourth-order valence-electron chi connectivity index (χ4n) is 3.77. The molecule has 0 aliphatic carbocycles. The van der Waals surface area contributed by atoms with E-state index in [9.17, 15) is 19.6 Å². The van der Waals surface area contributed by atoms with Gasteiger partial charge in [-0.1, -0.05) is 12.1 Å². The predicted octanol–water partition coefficient (Wildman–Crippen LogP) is 2.65. The fourth-order valence-corrected chi connectivity index (χ4v) is 3.77. The Morgan fingerprint density at radius 3 is 2.14 bits per heavy atom. The zero-order valence-electron chi connectivity index (χ0n) is 20.7. The summed E-state index contributed by atoms with van der Waals surface area (Å²) in [6.45, 7) is 3.41. The predicted molar refractivity (Wildman–Crippen MR) is 133 cm³/mol. The summed E-state index contributed by atoms with van der Waals surface area (Å²) in [4.78, 5) is 40.9. The number of Topliss-reactive ketones (excluding diaryl/α,β-unsaturated/α-hetero) is 1. The monoisotopic (exact) mass is 492 g/mol. The van der Waals surface area contributed by atoms with Gasteiger partial charge in [0.2, 0.25) is 5.78 Å². The van der Waals surface area contributed by atoms with E-state index in [0.717, 1.165) is 11.4 Å². The van der Waals surface area contributed by atoms with Crippen molar-refractivity contribution in [1.29, 1.82) is 5.26 Å². The lowest BCUT2D eigenvalue weighted by Gasteiger charge is -2.19. The molecule has 1 aliphatic heterocycles. The minimum Gasteiger partial charge on any atom is -0.490 e. The molecule has 0 aromatic heterocycles. The molecule has 0 atom stereocenters. The molecule has 0 saturated carbocycles. The third-order valence-corrected chi connectivity index (χ3v) is 5.42. The first-order chi connectivity index (χ1) is 17.3. The number of para-hydroxylation sites is 2. The number of fused-ring (bicyclic) bond motifs is 1. The minimum atomic E-state index is -0.814. The lowest BCUT2D eigenvalue weighted by molar-refractivity contribution is -0.145. The summed E-state index contributed by atoms with van der Waals surface area (Å²) in [6, 6.07) is 14.1. The van der Waals surface area contributed by atoms with Crippen molar-refractivity contribution in [3.63, 3.8) is 0 Å². The van der Waals surface area contributed by atoms with E-state index in [4.69, 9.17) is 14.2 Å². The molecule has 0 radical (unpaired) electrons. The number of rotatable bonds is 10. The van der Waals surface area contributed by atoms with E-state index < -0.39 is 30.8 Å². The molecule has 0 bridgehead atoms. The quantitative estimate of drug-likeness (QED) is 0.303. The van der Waals surface area contributed by atoms with Crippen molar-refractivity contribution < 1.29 is 28.6 Å². The first-order valence-corrected chi connectivity index (χ1v) is 11.4. The van der Waals surface area contributed by atoms with Gasteiger partial charge in [0.1, 0.15) is 24.0 Å².